The van der Waals surface area contributed by atoms with E-state index in [4.69, 9.17) is 4.74 Å². The average molecular weight is 316 g/mol. The molecule has 9 heteroatoms. The molecule has 1 saturated heterocycles. The van der Waals surface area contributed by atoms with Gasteiger partial charge in [-0.2, -0.15) is 12.7 Å². The fourth-order valence-electron chi connectivity index (χ4n) is 1.91. The number of esters is 1. The molecular weight excluding hydrogens is 300 g/mol. The lowest BCUT2D eigenvalue weighted by Crippen LogP contribution is -2.43. The molecule has 0 unspecified atom stereocenters. The van der Waals surface area contributed by atoms with E-state index in [0.29, 0.717) is 13.2 Å². The van der Waals surface area contributed by atoms with Crippen molar-refractivity contribution in [3.05, 3.63) is 23.8 Å². The molecule has 1 heterocycles. The number of nitrogens with zero attached hydrogens (tertiary/aromatic N) is 1. The number of benzene rings is 1. The maximum Gasteiger partial charge on any atom is 0.340 e. The van der Waals surface area contributed by atoms with E-state index in [-0.39, 0.29) is 30.1 Å². The third-order valence-corrected chi connectivity index (χ3v) is 4.50. The SMILES string of the molecule is COC(=O)c1cccc(O)c1NS(=O)(=O)N1CCOCC1. The predicted octanol–water partition coefficient (Wildman–Crippen LogP) is 0.168. The average Bonchev–Trinajstić information content (AvgIpc) is 2.49. The number of hydrogen-bond acceptors (Lipinski definition) is 6. The van der Waals surface area contributed by atoms with Crippen LogP contribution in [0.25, 0.3) is 0 Å². The number of carbonyl (C=O) groups is 1. The molecule has 0 amide bonds. The van der Waals surface area contributed by atoms with Gasteiger partial charge in [-0.15, -0.1) is 0 Å². The first-order valence-electron chi connectivity index (χ1n) is 6.21. The quantitative estimate of drug-likeness (QED) is 0.606. The Kier molecular flexibility index (Phi) is 4.66. The van der Waals surface area contributed by atoms with E-state index in [1.54, 1.807) is 0 Å². The van der Waals surface area contributed by atoms with Crippen molar-refractivity contribution in [2.45, 2.75) is 0 Å². The van der Waals surface area contributed by atoms with Gasteiger partial charge in [-0.3, -0.25) is 4.72 Å². The Bertz CT molecular complexity index is 625. The van der Waals surface area contributed by atoms with Crippen LogP contribution < -0.4 is 4.72 Å². The summed E-state index contributed by atoms with van der Waals surface area (Å²) in [4.78, 5) is 11.6. The summed E-state index contributed by atoms with van der Waals surface area (Å²) in [6.45, 7) is 1.00. The van der Waals surface area contributed by atoms with E-state index in [1.165, 1.54) is 29.6 Å². The van der Waals surface area contributed by atoms with E-state index in [9.17, 15) is 18.3 Å². The van der Waals surface area contributed by atoms with Gasteiger partial charge in [0.2, 0.25) is 0 Å². The van der Waals surface area contributed by atoms with E-state index in [2.05, 4.69) is 9.46 Å². The standard InChI is InChI=1S/C12H16N2O6S/c1-19-12(16)9-3-2-4-10(15)11(9)13-21(17,18)14-5-7-20-8-6-14/h2-4,13,15H,5-8H2,1H3. The second kappa shape index (κ2) is 6.29. The van der Waals surface area contributed by atoms with E-state index in [0.717, 1.165) is 0 Å². The zero-order valence-corrected chi connectivity index (χ0v) is 12.2. The molecule has 8 nitrogen and oxygen atoms in total. The van der Waals surface area contributed by atoms with Crippen molar-refractivity contribution in [2.75, 3.05) is 38.1 Å². The van der Waals surface area contributed by atoms with Crippen LogP contribution in [-0.4, -0.2) is 57.2 Å². The highest BCUT2D eigenvalue weighted by atomic mass is 32.2. The summed E-state index contributed by atoms with van der Waals surface area (Å²) < 4.78 is 37.6. The van der Waals surface area contributed by atoms with Crippen LogP contribution in [0.5, 0.6) is 5.75 Å². The lowest BCUT2D eigenvalue weighted by Gasteiger charge is -2.26. The highest BCUT2D eigenvalue weighted by molar-refractivity contribution is 7.90. The van der Waals surface area contributed by atoms with Gasteiger partial charge in [0, 0.05) is 13.1 Å². The van der Waals surface area contributed by atoms with Crippen LogP contribution in [0.1, 0.15) is 10.4 Å². The fraction of sp³-hybridized carbons (Fsp3) is 0.417. The number of anilines is 1. The maximum atomic E-state index is 12.3. The number of carbonyl (C=O) groups excluding carboxylic acids is 1. The van der Waals surface area contributed by atoms with Crippen molar-refractivity contribution in [1.82, 2.24) is 4.31 Å². The second-order valence-corrected chi connectivity index (χ2v) is 5.98. The van der Waals surface area contributed by atoms with Gasteiger partial charge in [-0.1, -0.05) is 6.07 Å². The minimum atomic E-state index is -3.89. The third kappa shape index (κ3) is 3.43. The smallest absolute Gasteiger partial charge is 0.340 e. The lowest BCUT2D eigenvalue weighted by molar-refractivity contribution is 0.0601. The monoisotopic (exact) mass is 316 g/mol. The highest BCUT2D eigenvalue weighted by Gasteiger charge is 2.27. The van der Waals surface area contributed by atoms with Crippen molar-refractivity contribution < 1.29 is 27.8 Å². The molecule has 1 fully saturated rings. The Morgan fingerprint density at radius 1 is 1.38 bits per heavy atom. The van der Waals surface area contributed by atoms with Gasteiger partial charge in [0.05, 0.1) is 25.9 Å². The largest absolute Gasteiger partial charge is 0.506 e. The van der Waals surface area contributed by atoms with Crippen molar-refractivity contribution in [1.29, 1.82) is 0 Å². The van der Waals surface area contributed by atoms with Gasteiger partial charge in [0.1, 0.15) is 11.4 Å². The molecule has 21 heavy (non-hydrogen) atoms. The molecule has 2 rings (SSSR count). The number of phenols is 1. The molecule has 1 aromatic carbocycles. The van der Waals surface area contributed by atoms with Crippen molar-refractivity contribution >= 4 is 21.9 Å². The van der Waals surface area contributed by atoms with E-state index in [1.807, 2.05) is 0 Å². The molecule has 1 aromatic rings. The van der Waals surface area contributed by atoms with Gasteiger partial charge >= 0.3 is 16.2 Å². The van der Waals surface area contributed by atoms with Crippen molar-refractivity contribution in [2.24, 2.45) is 0 Å². The first-order chi connectivity index (χ1) is 9.95. The maximum absolute atomic E-state index is 12.3. The predicted molar refractivity (Wildman–Crippen MR) is 74.4 cm³/mol. The normalized spacial score (nSPS) is 16.4. The number of morpholine rings is 1. The minimum absolute atomic E-state index is 0.0608. The third-order valence-electron chi connectivity index (χ3n) is 2.99. The lowest BCUT2D eigenvalue weighted by atomic mass is 10.1. The Hall–Kier alpha value is -1.84. The number of methoxy groups -OCH3 is 1. The van der Waals surface area contributed by atoms with Crippen molar-refractivity contribution in [3.8, 4) is 5.75 Å². The Morgan fingerprint density at radius 2 is 2.05 bits per heavy atom. The van der Waals surface area contributed by atoms with Crippen LogP contribution in [-0.2, 0) is 19.7 Å². The Labute approximate surface area is 122 Å². The summed E-state index contributed by atoms with van der Waals surface area (Å²) in [7, 11) is -2.71. The zero-order valence-electron chi connectivity index (χ0n) is 11.4. The van der Waals surface area contributed by atoms with Gasteiger partial charge in [-0.05, 0) is 12.1 Å². The summed E-state index contributed by atoms with van der Waals surface area (Å²) >= 11 is 0. The molecule has 0 bridgehead atoms. The number of rotatable bonds is 4. The molecule has 0 spiro atoms. The molecule has 0 saturated carbocycles. The second-order valence-electron chi connectivity index (χ2n) is 4.31. The molecule has 0 aliphatic carbocycles. The van der Waals surface area contributed by atoms with Crippen LogP contribution in [0.3, 0.4) is 0 Å². The molecule has 1 aliphatic heterocycles. The number of para-hydroxylation sites is 1. The zero-order chi connectivity index (χ0) is 15.5. The molecule has 0 atom stereocenters. The van der Waals surface area contributed by atoms with Gasteiger partial charge < -0.3 is 14.6 Å². The minimum Gasteiger partial charge on any atom is -0.506 e. The fourth-order valence-corrected chi connectivity index (χ4v) is 3.14. The van der Waals surface area contributed by atoms with Crippen LogP contribution in [0, 0.1) is 0 Å². The van der Waals surface area contributed by atoms with Crippen LogP contribution in [0.4, 0.5) is 5.69 Å². The number of aromatic hydroxyl groups is 1. The first-order valence-corrected chi connectivity index (χ1v) is 7.65. The van der Waals surface area contributed by atoms with E-state index < -0.39 is 16.2 Å². The molecule has 1 aliphatic rings. The summed E-state index contributed by atoms with van der Waals surface area (Å²) in [5.41, 5.74) is -0.259. The molecular formula is C12H16N2O6S. The summed E-state index contributed by atoms with van der Waals surface area (Å²) in [5.74, 6) is -1.10. The van der Waals surface area contributed by atoms with E-state index >= 15 is 0 Å². The van der Waals surface area contributed by atoms with Crippen molar-refractivity contribution in [3.63, 3.8) is 0 Å². The summed E-state index contributed by atoms with van der Waals surface area (Å²) in [5, 5.41) is 9.82. The van der Waals surface area contributed by atoms with Crippen LogP contribution >= 0.6 is 0 Å². The number of hydrogen-bond donors (Lipinski definition) is 2. The number of phenolic OH excluding ortho intramolecular Hbond substituents is 1. The molecule has 2 N–H and O–H groups in total. The van der Waals surface area contributed by atoms with Crippen LogP contribution in [0.15, 0.2) is 18.2 Å². The summed E-state index contributed by atoms with van der Waals surface area (Å²) in [6, 6.07) is 4.07. The topological polar surface area (TPSA) is 105 Å². The number of nitrogens with one attached hydrogen (secondary N) is 1. The number of ether oxygens (including phenoxy) is 2. The van der Waals surface area contributed by atoms with Gasteiger partial charge in [0.25, 0.3) is 0 Å². The Balaban J connectivity index is 2.32. The van der Waals surface area contributed by atoms with Gasteiger partial charge in [0.15, 0.2) is 0 Å². The first kappa shape index (κ1) is 15.5. The Morgan fingerprint density at radius 3 is 2.67 bits per heavy atom. The van der Waals surface area contributed by atoms with Gasteiger partial charge in [-0.25, -0.2) is 4.79 Å². The molecule has 116 valence electrons. The van der Waals surface area contributed by atoms with Crippen LogP contribution in [0.2, 0.25) is 0 Å². The highest BCUT2D eigenvalue weighted by Crippen LogP contribution is 2.29. The molecule has 0 aromatic heterocycles. The molecule has 0 radical (unpaired) electrons. The summed E-state index contributed by atoms with van der Waals surface area (Å²) in [6.07, 6.45) is 0.